The number of halogens is 3. The standard InChI is InChI=1S/C14H22F3N3/c1-3-7-18-13(6-8-20(2)10-14(16)17)12-5-4-11(15)9-19-12/h4-5,9,13-14,18H,3,6-8,10H2,1-2H3. The Hall–Kier alpha value is -1.14. The lowest BCUT2D eigenvalue weighted by molar-refractivity contribution is 0.0984. The van der Waals surface area contributed by atoms with Gasteiger partial charge in [0, 0.05) is 0 Å². The molecule has 114 valence electrons. The number of nitrogens with zero attached hydrogens (tertiary/aromatic N) is 2. The van der Waals surface area contributed by atoms with Crippen LogP contribution in [0.2, 0.25) is 0 Å². The number of alkyl halides is 2. The molecule has 1 aromatic rings. The molecule has 0 aromatic carbocycles. The highest BCUT2D eigenvalue weighted by Crippen LogP contribution is 2.15. The van der Waals surface area contributed by atoms with Crippen LogP contribution in [0.25, 0.3) is 0 Å². The summed E-state index contributed by atoms with van der Waals surface area (Å²) in [5.74, 6) is -0.377. The summed E-state index contributed by atoms with van der Waals surface area (Å²) in [6.07, 6.45) is 0.469. The van der Waals surface area contributed by atoms with Crippen LogP contribution < -0.4 is 5.32 Å². The fourth-order valence-corrected chi connectivity index (χ4v) is 1.94. The highest BCUT2D eigenvalue weighted by Gasteiger charge is 2.14. The van der Waals surface area contributed by atoms with Crippen LogP contribution in [0.5, 0.6) is 0 Å². The molecule has 1 rings (SSSR count). The smallest absolute Gasteiger partial charge is 0.251 e. The third kappa shape index (κ3) is 6.34. The van der Waals surface area contributed by atoms with Gasteiger partial charge in [-0.2, -0.15) is 0 Å². The Morgan fingerprint density at radius 1 is 1.35 bits per heavy atom. The van der Waals surface area contributed by atoms with Gasteiger partial charge in [0.05, 0.1) is 24.5 Å². The number of hydrogen-bond acceptors (Lipinski definition) is 3. The fraction of sp³-hybridized carbons (Fsp3) is 0.643. The number of nitrogens with one attached hydrogen (secondary N) is 1. The lowest BCUT2D eigenvalue weighted by atomic mass is 10.1. The van der Waals surface area contributed by atoms with Crippen LogP contribution in [-0.2, 0) is 0 Å². The highest BCUT2D eigenvalue weighted by atomic mass is 19.3. The number of pyridine rings is 1. The summed E-state index contributed by atoms with van der Waals surface area (Å²) >= 11 is 0. The van der Waals surface area contributed by atoms with Crippen LogP contribution in [0.15, 0.2) is 18.3 Å². The van der Waals surface area contributed by atoms with Gasteiger partial charge in [0.25, 0.3) is 6.43 Å². The average molecular weight is 289 g/mol. The van der Waals surface area contributed by atoms with Gasteiger partial charge in [0.15, 0.2) is 0 Å². The van der Waals surface area contributed by atoms with E-state index in [0.717, 1.165) is 18.7 Å². The van der Waals surface area contributed by atoms with E-state index in [1.807, 2.05) is 6.92 Å². The monoisotopic (exact) mass is 289 g/mol. The molecule has 1 aromatic heterocycles. The predicted octanol–water partition coefficient (Wildman–Crippen LogP) is 2.85. The maximum atomic E-state index is 12.9. The second kappa shape index (κ2) is 8.92. The largest absolute Gasteiger partial charge is 0.309 e. The average Bonchev–Trinajstić information content (AvgIpc) is 2.39. The van der Waals surface area contributed by atoms with Gasteiger partial charge >= 0.3 is 0 Å². The van der Waals surface area contributed by atoms with Crippen molar-refractivity contribution in [2.24, 2.45) is 0 Å². The van der Waals surface area contributed by atoms with Crippen LogP contribution in [-0.4, -0.2) is 43.0 Å². The van der Waals surface area contributed by atoms with Gasteiger partial charge in [-0.15, -0.1) is 0 Å². The number of aromatic nitrogens is 1. The van der Waals surface area contributed by atoms with Crippen LogP contribution in [0.1, 0.15) is 31.5 Å². The molecule has 0 spiro atoms. The Morgan fingerprint density at radius 3 is 2.65 bits per heavy atom. The van der Waals surface area contributed by atoms with Crippen molar-refractivity contribution in [2.45, 2.75) is 32.2 Å². The third-order valence-electron chi connectivity index (χ3n) is 3.00. The molecule has 0 radical (unpaired) electrons. The van der Waals surface area contributed by atoms with E-state index >= 15 is 0 Å². The molecule has 1 heterocycles. The zero-order valence-electron chi connectivity index (χ0n) is 12.0. The lowest BCUT2D eigenvalue weighted by Crippen LogP contribution is -2.30. The lowest BCUT2D eigenvalue weighted by Gasteiger charge is -2.22. The molecular formula is C14H22F3N3. The zero-order valence-corrected chi connectivity index (χ0v) is 12.0. The maximum absolute atomic E-state index is 12.9. The van der Waals surface area contributed by atoms with Crippen LogP contribution in [0, 0.1) is 5.82 Å². The molecule has 0 fully saturated rings. The van der Waals surface area contributed by atoms with Crippen LogP contribution in [0.4, 0.5) is 13.2 Å². The molecule has 0 aliphatic carbocycles. The van der Waals surface area contributed by atoms with Crippen molar-refractivity contribution >= 4 is 0 Å². The van der Waals surface area contributed by atoms with Gasteiger partial charge in [-0.25, -0.2) is 13.2 Å². The van der Waals surface area contributed by atoms with Gasteiger partial charge in [0.2, 0.25) is 0 Å². The van der Waals surface area contributed by atoms with Crippen molar-refractivity contribution in [1.82, 2.24) is 15.2 Å². The molecule has 0 aliphatic heterocycles. The van der Waals surface area contributed by atoms with E-state index in [4.69, 9.17) is 0 Å². The Morgan fingerprint density at radius 2 is 2.10 bits per heavy atom. The molecule has 0 saturated carbocycles. The number of hydrogen-bond donors (Lipinski definition) is 1. The molecule has 3 nitrogen and oxygen atoms in total. The van der Waals surface area contributed by atoms with Crippen LogP contribution >= 0.6 is 0 Å². The molecule has 1 atom stereocenters. The molecule has 0 bridgehead atoms. The minimum Gasteiger partial charge on any atom is -0.309 e. The highest BCUT2D eigenvalue weighted by molar-refractivity contribution is 5.10. The Labute approximate surface area is 118 Å². The van der Waals surface area contributed by atoms with Crippen molar-refractivity contribution in [3.8, 4) is 0 Å². The molecule has 0 saturated heterocycles. The van der Waals surface area contributed by atoms with Gasteiger partial charge in [0.1, 0.15) is 5.82 Å². The van der Waals surface area contributed by atoms with Crippen molar-refractivity contribution in [3.05, 3.63) is 29.8 Å². The van der Waals surface area contributed by atoms with Crippen molar-refractivity contribution in [1.29, 1.82) is 0 Å². The second-order valence-corrected chi connectivity index (χ2v) is 4.85. The van der Waals surface area contributed by atoms with E-state index in [9.17, 15) is 13.2 Å². The van der Waals surface area contributed by atoms with Gasteiger partial charge in [-0.1, -0.05) is 6.92 Å². The van der Waals surface area contributed by atoms with Crippen molar-refractivity contribution in [3.63, 3.8) is 0 Å². The Balaban J connectivity index is 2.57. The molecular weight excluding hydrogens is 267 g/mol. The van der Waals surface area contributed by atoms with Gasteiger partial charge in [-0.3, -0.25) is 4.98 Å². The summed E-state index contributed by atoms with van der Waals surface area (Å²) in [7, 11) is 1.67. The van der Waals surface area contributed by atoms with E-state index in [-0.39, 0.29) is 18.4 Å². The predicted molar refractivity (Wildman–Crippen MR) is 73.3 cm³/mol. The first-order valence-electron chi connectivity index (χ1n) is 6.84. The quantitative estimate of drug-likeness (QED) is 0.757. The van der Waals surface area contributed by atoms with E-state index in [0.29, 0.717) is 13.0 Å². The summed E-state index contributed by atoms with van der Waals surface area (Å²) in [4.78, 5) is 5.66. The molecule has 20 heavy (non-hydrogen) atoms. The van der Waals surface area contributed by atoms with E-state index in [2.05, 4.69) is 10.3 Å². The van der Waals surface area contributed by atoms with Gasteiger partial charge in [-0.05, 0) is 45.1 Å². The second-order valence-electron chi connectivity index (χ2n) is 4.85. The van der Waals surface area contributed by atoms with E-state index in [1.165, 1.54) is 12.3 Å². The zero-order chi connectivity index (χ0) is 15.0. The SMILES string of the molecule is CCCNC(CCN(C)CC(F)F)c1ccc(F)cn1. The maximum Gasteiger partial charge on any atom is 0.251 e. The molecule has 0 amide bonds. The summed E-state index contributed by atoms with van der Waals surface area (Å²) in [6, 6.07) is 2.96. The first kappa shape index (κ1) is 16.9. The third-order valence-corrected chi connectivity index (χ3v) is 3.00. The molecule has 0 aliphatic rings. The topological polar surface area (TPSA) is 28.2 Å². The molecule has 6 heteroatoms. The molecule has 1 unspecified atom stereocenters. The van der Waals surface area contributed by atoms with E-state index in [1.54, 1.807) is 18.0 Å². The van der Waals surface area contributed by atoms with Crippen molar-refractivity contribution in [2.75, 3.05) is 26.7 Å². The number of rotatable bonds is 9. The summed E-state index contributed by atoms with van der Waals surface area (Å²) in [5.41, 5.74) is 0.741. The first-order valence-corrected chi connectivity index (χ1v) is 6.84. The van der Waals surface area contributed by atoms with E-state index < -0.39 is 6.43 Å². The normalized spacial score (nSPS) is 13.2. The first-order chi connectivity index (χ1) is 9.52. The van der Waals surface area contributed by atoms with Crippen LogP contribution in [0.3, 0.4) is 0 Å². The molecule has 1 N–H and O–H groups in total. The summed E-state index contributed by atoms with van der Waals surface area (Å²) in [6.45, 7) is 3.15. The van der Waals surface area contributed by atoms with Gasteiger partial charge < -0.3 is 10.2 Å². The Bertz CT molecular complexity index is 370. The Kier molecular flexibility index (Phi) is 7.54. The summed E-state index contributed by atoms with van der Waals surface area (Å²) < 4.78 is 37.4. The van der Waals surface area contributed by atoms with Crippen molar-refractivity contribution < 1.29 is 13.2 Å². The fourth-order valence-electron chi connectivity index (χ4n) is 1.94. The minimum atomic E-state index is -2.33. The summed E-state index contributed by atoms with van der Waals surface area (Å²) in [5, 5.41) is 3.31. The minimum absolute atomic E-state index is 0.0457.